The predicted octanol–water partition coefficient (Wildman–Crippen LogP) is 2.68. The molecule has 1 saturated carbocycles. The highest BCUT2D eigenvalue weighted by molar-refractivity contribution is 6.30. The Bertz CT molecular complexity index is 647. The van der Waals surface area contributed by atoms with E-state index in [4.69, 9.17) is 16.3 Å². The summed E-state index contributed by atoms with van der Waals surface area (Å²) in [6.07, 6.45) is 7.65. The summed E-state index contributed by atoms with van der Waals surface area (Å²) in [6.45, 7) is 0. The smallest absolute Gasteiger partial charge is 0.271 e. The first-order valence-electron chi connectivity index (χ1n) is 7.13. The molecule has 6 heteroatoms. The van der Waals surface area contributed by atoms with Gasteiger partial charge in [0.1, 0.15) is 11.3 Å². The Morgan fingerprint density at radius 1 is 1.33 bits per heavy atom. The molecule has 0 atom stereocenters. The van der Waals surface area contributed by atoms with Crippen LogP contribution in [0.25, 0.3) is 5.65 Å². The van der Waals surface area contributed by atoms with Gasteiger partial charge < -0.3 is 14.5 Å². The molecule has 2 heterocycles. The second kappa shape index (κ2) is 6.03. The largest absolute Gasteiger partial charge is 0.381 e. The molecule has 0 saturated heterocycles. The summed E-state index contributed by atoms with van der Waals surface area (Å²) < 4.78 is 7.10. The second-order valence-corrected chi connectivity index (χ2v) is 5.86. The monoisotopic (exact) mass is 307 g/mol. The van der Waals surface area contributed by atoms with E-state index in [2.05, 4.69) is 10.3 Å². The summed E-state index contributed by atoms with van der Waals surface area (Å²) in [6, 6.07) is 3.76. The molecule has 1 aliphatic carbocycles. The van der Waals surface area contributed by atoms with Gasteiger partial charge in [-0.05, 0) is 37.8 Å². The van der Waals surface area contributed by atoms with Gasteiger partial charge in [0.2, 0.25) is 0 Å². The standard InChI is InChI=1S/C15H18ClN3O2/c1-21-12-5-3-11(4-6-12)17-15(20)13-9-19-8-10(16)2-7-14(19)18-13/h2,7-9,11-12H,3-6H2,1H3,(H,17,20). The van der Waals surface area contributed by atoms with Gasteiger partial charge in [-0.15, -0.1) is 0 Å². The zero-order chi connectivity index (χ0) is 14.8. The Kier molecular flexibility index (Phi) is 4.12. The lowest BCUT2D eigenvalue weighted by molar-refractivity contribution is 0.0598. The lowest BCUT2D eigenvalue weighted by Crippen LogP contribution is -2.39. The van der Waals surface area contributed by atoms with Gasteiger partial charge in [0.05, 0.1) is 11.1 Å². The highest BCUT2D eigenvalue weighted by Crippen LogP contribution is 2.21. The van der Waals surface area contributed by atoms with Crippen LogP contribution in [0.15, 0.2) is 24.5 Å². The van der Waals surface area contributed by atoms with E-state index in [1.807, 2.05) is 0 Å². The first kappa shape index (κ1) is 14.4. The highest BCUT2D eigenvalue weighted by atomic mass is 35.5. The number of imidazole rings is 1. The van der Waals surface area contributed by atoms with Crippen LogP contribution >= 0.6 is 11.6 Å². The molecule has 1 fully saturated rings. The minimum absolute atomic E-state index is 0.129. The van der Waals surface area contributed by atoms with Crippen LogP contribution in [0.4, 0.5) is 0 Å². The minimum atomic E-state index is -0.129. The number of pyridine rings is 1. The molecule has 0 radical (unpaired) electrons. The first-order chi connectivity index (χ1) is 10.2. The Labute approximate surface area is 128 Å². The van der Waals surface area contributed by atoms with E-state index in [1.54, 1.807) is 36.0 Å². The van der Waals surface area contributed by atoms with Crippen LogP contribution in [-0.2, 0) is 4.74 Å². The van der Waals surface area contributed by atoms with Crippen molar-refractivity contribution in [3.8, 4) is 0 Å². The zero-order valence-corrected chi connectivity index (χ0v) is 12.6. The maximum Gasteiger partial charge on any atom is 0.271 e. The molecule has 21 heavy (non-hydrogen) atoms. The third-order valence-corrected chi connectivity index (χ3v) is 4.21. The molecule has 1 N–H and O–H groups in total. The number of nitrogens with one attached hydrogen (secondary N) is 1. The van der Waals surface area contributed by atoms with Crippen LogP contribution < -0.4 is 5.32 Å². The number of fused-ring (bicyclic) bond motifs is 1. The summed E-state index contributed by atoms with van der Waals surface area (Å²) >= 11 is 5.93. The summed E-state index contributed by atoms with van der Waals surface area (Å²) in [4.78, 5) is 16.6. The molecule has 0 aliphatic heterocycles. The highest BCUT2D eigenvalue weighted by Gasteiger charge is 2.23. The fraction of sp³-hybridized carbons (Fsp3) is 0.467. The van der Waals surface area contributed by atoms with Crippen LogP contribution in [-0.4, -0.2) is 34.5 Å². The van der Waals surface area contributed by atoms with E-state index in [9.17, 15) is 4.79 Å². The Balaban J connectivity index is 1.67. The summed E-state index contributed by atoms with van der Waals surface area (Å²) in [5.74, 6) is -0.129. The quantitative estimate of drug-likeness (QED) is 0.948. The molecule has 2 aromatic heterocycles. The van der Waals surface area contributed by atoms with Crippen LogP contribution in [0.5, 0.6) is 0 Å². The second-order valence-electron chi connectivity index (χ2n) is 5.42. The SMILES string of the molecule is COC1CCC(NC(=O)c2cn3cc(Cl)ccc3n2)CC1. The fourth-order valence-corrected chi connectivity index (χ4v) is 2.94. The molecule has 2 aromatic rings. The third kappa shape index (κ3) is 3.19. The average molecular weight is 308 g/mol. The maximum atomic E-state index is 12.3. The third-order valence-electron chi connectivity index (χ3n) is 3.99. The van der Waals surface area contributed by atoms with E-state index in [0.717, 1.165) is 25.7 Å². The van der Waals surface area contributed by atoms with Gasteiger partial charge in [-0.1, -0.05) is 11.6 Å². The number of hydrogen-bond acceptors (Lipinski definition) is 3. The van der Waals surface area contributed by atoms with Crippen LogP contribution in [0.1, 0.15) is 36.2 Å². The van der Waals surface area contributed by atoms with Crippen molar-refractivity contribution < 1.29 is 9.53 Å². The van der Waals surface area contributed by atoms with E-state index < -0.39 is 0 Å². The molecule has 1 amide bonds. The number of halogens is 1. The Morgan fingerprint density at radius 2 is 2.10 bits per heavy atom. The maximum absolute atomic E-state index is 12.3. The fourth-order valence-electron chi connectivity index (χ4n) is 2.78. The van der Waals surface area contributed by atoms with Crippen molar-refractivity contribution in [2.45, 2.75) is 37.8 Å². The number of rotatable bonds is 3. The van der Waals surface area contributed by atoms with E-state index in [0.29, 0.717) is 22.5 Å². The lowest BCUT2D eigenvalue weighted by Gasteiger charge is -2.27. The number of amides is 1. The number of hydrogen-bond donors (Lipinski definition) is 1. The van der Waals surface area contributed by atoms with Gasteiger partial charge in [-0.3, -0.25) is 4.79 Å². The van der Waals surface area contributed by atoms with Crippen LogP contribution in [0.2, 0.25) is 5.02 Å². The molecule has 0 bridgehead atoms. The number of ether oxygens (including phenoxy) is 1. The summed E-state index contributed by atoms with van der Waals surface area (Å²) in [5.41, 5.74) is 1.14. The molecule has 5 nitrogen and oxygen atoms in total. The minimum Gasteiger partial charge on any atom is -0.381 e. The summed E-state index contributed by atoms with van der Waals surface area (Å²) in [5, 5.41) is 3.67. The Morgan fingerprint density at radius 3 is 2.81 bits per heavy atom. The van der Waals surface area contributed by atoms with E-state index in [-0.39, 0.29) is 11.9 Å². The van der Waals surface area contributed by atoms with E-state index in [1.165, 1.54) is 0 Å². The van der Waals surface area contributed by atoms with Crippen molar-refractivity contribution in [2.75, 3.05) is 7.11 Å². The lowest BCUT2D eigenvalue weighted by atomic mass is 9.93. The van der Waals surface area contributed by atoms with Gasteiger partial charge in [-0.25, -0.2) is 4.98 Å². The van der Waals surface area contributed by atoms with Gasteiger partial charge in [-0.2, -0.15) is 0 Å². The zero-order valence-electron chi connectivity index (χ0n) is 11.9. The molecule has 3 rings (SSSR count). The van der Waals surface area contributed by atoms with Crippen molar-refractivity contribution in [3.63, 3.8) is 0 Å². The number of carbonyl (C=O) groups is 1. The van der Waals surface area contributed by atoms with Crippen molar-refractivity contribution in [1.82, 2.24) is 14.7 Å². The van der Waals surface area contributed by atoms with Crippen LogP contribution in [0, 0.1) is 0 Å². The normalized spacial score (nSPS) is 22.4. The number of carbonyl (C=O) groups excluding carboxylic acids is 1. The average Bonchev–Trinajstić information content (AvgIpc) is 2.91. The molecular formula is C15H18ClN3O2. The molecule has 0 unspecified atom stereocenters. The molecular weight excluding hydrogens is 290 g/mol. The van der Waals surface area contributed by atoms with Gasteiger partial charge in [0.15, 0.2) is 0 Å². The van der Waals surface area contributed by atoms with Crippen molar-refractivity contribution in [2.24, 2.45) is 0 Å². The van der Waals surface area contributed by atoms with Gasteiger partial charge >= 0.3 is 0 Å². The van der Waals surface area contributed by atoms with Crippen molar-refractivity contribution in [3.05, 3.63) is 35.2 Å². The topological polar surface area (TPSA) is 55.6 Å². The number of aromatic nitrogens is 2. The number of methoxy groups -OCH3 is 1. The van der Waals surface area contributed by atoms with Crippen LogP contribution in [0.3, 0.4) is 0 Å². The molecule has 0 aromatic carbocycles. The molecule has 112 valence electrons. The first-order valence-corrected chi connectivity index (χ1v) is 7.51. The number of nitrogens with zero attached hydrogens (tertiary/aromatic N) is 2. The van der Waals surface area contributed by atoms with Crippen molar-refractivity contribution >= 4 is 23.2 Å². The molecule has 0 spiro atoms. The van der Waals surface area contributed by atoms with Gasteiger partial charge in [0, 0.05) is 25.5 Å². The Hall–Kier alpha value is -1.59. The van der Waals surface area contributed by atoms with E-state index >= 15 is 0 Å². The predicted molar refractivity (Wildman–Crippen MR) is 80.7 cm³/mol. The van der Waals surface area contributed by atoms with Gasteiger partial charge in [0.25, 0.3) is 5.91 Å². The molecule has 1 aliphatic rings. The summed E-state index contributed by atoms with van der Waals surface area (Å²) in [7, 11) is 1.74. The van der Waals surface area contributed by atoms with Crippen molar-refractivity contribution in [1.29, 1.82) is 0 Å².